The third kappa shape index (κ3) is 3.91. The van der Waals surface area contributed by atoms with Gasteiger partial charge in [-0.15, -0.1) is 16.9 Å². The third-order valence-electron chi connectivity index (χ3n) is 6.27. The number of carbonyl (C=O) groups is 1. The van der Waals surface area contributed by atoms with Crippen LogP contribution in [0.1, 0.15) is 46.1 Å². The molecule has 9 nitrogen and oxygen atoms in total. The fraction of sp³-hybridized carbons (Fsp3) is 0.478. The Morgan fingerprint density at radius 2 is 2.15 bits per heavy atom. The highest BCUT2D eigenvalue weighted by atomic mass is 32.2. The van der Waals surface area contributed by atoms with Crippen LogP contribution < -0.4 is 16.0 Å². The van der Waals surface area contributed by atoms with Crippen molar-refractivity contribution in [2.45, 2.75) is 62.8 Å². The van der Waals surface area contributed by atoms with E-state index in [1.54, 1.807) is 18.0 Å². The molecule has 0 saturated carbocycles. The molecule has 2 atom stereocenters. The number of aromatic nitrogens is 5. The number of thioether (sulfide) groups is 1. The fourth-order valence-corrected chi connectivity index (χ4v) is 5.06. The summed E-state index contributed by atoms with van der Waals surface area (Å²) in [6.07, 6.45) is 8.60. The predicted octanol–water partition coefficient (Wildman–Crippen LogP) is 3.43. The number of anilines is 1. The van der Waals surface area contributed by atoms with Gasteiger partial charge in [0.1, 0.15) is 0 Å². The van der Waals surface area contributed by atoms with Crippen LogP contribution >= 0.6 is 11.8 Å². The molecule has 0 aliphatic carbocycles. The first-order chi connectivity index (χ1) is 15.9. The Hall–Kier alpha value is -2.85. The molecule has 2 aliphatic rings. The van der Waals surface area contributed by atoms with Crippen molar-refractivity contribution in [2.24, 2.45) is 0 Å². The van der Waals surface area contributed by atoms with Crippen molar-refractivity contribution >= 4 is 23.4 Å². The highest BCUT2D eigenvalue weighted by Crippen LogP contribution is 2.42. The van der Waals surface area contributed by atoms with Gasteiger partial charge in [-0.05, 0) is 58.4 Å². The minimum Gasteiger partial charge on any atom is -0.355 e. The number of carbonyl (C=O) groups excluding carboxylic acids is 1. The van der Waals surface area contributed by atoms with Crippen LogP contribution in [0.3, 0.4) is 0 Å². The van der Waals surface area contributed by atoms with E-state index in [9.17, 15) is 4.79 Å². The number of hydrogen-bond acceptors (Lipinski definition) is 7. The van der Waals surface area contributed by atoms with E-state index in [0.29, 0.717) is 5.82 Å². The van der Waals surface area contributed by atoms with Gasteiger partial charge in [0, 0.05) is 29.2 Å². The van der Waals surface area contributed by atoms with Gasteiger partial charge in [-0.25, -0.2) is 9.67 Å². The molecular formula is C23H30N8OS. The van der Waals surface area contributed by atoms with Crippen molar-refractivity contribution < 1.29 is 4.79 Å². The Morgan fingerprint density at radius 3 is 2.91 bits per heavy atom. The van der Waals surface area contributed by atoms with Gasteiger partial charge in [0.2, 0.25) is 5.91 Å². The van der Waals surface area contributed by atoms with Crippen molar-refractivity contribution in [2.75, 3.05) is 18.1 Å². The smallest absolute Gasteiger partial charge is 0.237 e. The van der Waals surface area contributed by atoms with Gasteiger partial charge in [0.25, 0.3) is 0 Å². The lowest BCUT2D eigenvalue weighted by atomic mass is 10.1. The van der Waals surface area contributed by atoms with Gasteiger partial charge < -0.3 is 10.6 Å². The summed E-state index contributed by atoms with van der Waals surface area (Å²) in [7, 11) is 0. The van der Waals surface area contributed by atoms with Crippen molar-refractivity contribution in [3.05, 3.63) is 30.6 Å². The second-order valence-corrected chi connectivity index (χ2v) is 9.89. The zero-order valence-corrected chi connectivity index (χ0v) is 20.2. The summed E-state index contributed by atoms with van der Waals surface area (Å²) in [6, 6.07) is 6.12. The van der Waals surface area contributed by atoms with E-state index < -0.39 is 5.79 Å². The van der Waals surface area contributed by atoms with Crippen LogP contribution in [0.2, 0.25) is 0 Å². The van der Waals surface area contributed by atoms with E-state index in [-0.39, 0.29) is 18.0 Å². The Bertz CT molecular complexity index is 1190. The number of fused-ring (bicyclic) bond motifs is 3. The first kappa shape index (κ1) is 22.0. The molecular weight excluding hydrogens is 436 g/mol. The molecule has 0 radical (unpaired) electrons. The molecule has 5 rings (SSSR count). The molecule has 3 N–H and O–H groups in total. The molecule has 4 heterocycles. The van der Waals surface area contributed by atoms with E-state index in [0.717, 1.165) is 53.3 Å². The summed E-state index contributed by atoms with van der Waals surface area (Å²) >= 11 is 1.68. The third-order valence-corrected chi connectivity index (χ3v) is 7.05. The Labute approximate surface area is 197 Å². The molecule has 10 heteroatoms. The van der Waals surface area contributed by atoms with Gasteiger partial charge >= 0.3 is 0 Å². The molecule has 0 bridgehead atoms. The quantitative estimate of drug-likeness (QED) is 0.495. The summed E-state index contributed by atoms with van der Waals surface area (Å²) in [5, 5.41) is 19.6. The molecule has 1 amide bonds. The molecule has 1 saturated heterocycles. The number of nitrogens with zero attached hydrogens (tertiary/aromatic N) is 5. The van der Waals surface area contributed by atoms with E-state index in [2.05, 4.69) is 53.3 Å². The average Bonchev–Trinajstić information content (AvgIpc) is 3.42. The highest BCUT2D eigenvalue weighted by Gasteiger charge is 2.40. The Balaban J connectivity index is 1.61. The first-order valence-corrected chi connectivity index (χ1v) is 12.6. The van der Waals surface area contributed by atoms with Crippen LogP contribution in [0.25, 0.3) is 22.8 Å². The lowest BCUT2D eigenvalue weighted by Crippen LogP contribution is -2.60. The van der Waals surface area contributed by atoms with Gasteiger partial charge in [-0.1, -0.05) is 6.07 Å². The molecule has 2 aromatic heterocycles. The lowest BCUT2D eigenvalue weighted by molar-refractivity contribution is -0.123. The topological polar surface area (TPSA) is 102 Å². The van der Waals surface area contributed by atoms with E-state index >= 15 is 0 Å². The normalized spacial score (nSPS) is 22.3. The molecule has 33 heavy (non-hydrogen) atoms. The Morgan fingerprint density at radius 1 is 1.30 bits per heavy atom. The van der Waals surface area contributed by atoms with Crippen LogP contribution in [0.5, 0.6) is 0 Å². The second kappa shape index (κ2) is 8.49. The minimum atomic E-state index is -0.834. The maximum absolute atomic E-state index is 12.7. The number of hydrogen-bond donors (Lipinski definition) is 3. The van der Waals surface area contributed by atoms with Gasteiger partial charge in [-0.3, -0.25) is 14.8 Å². The first-order valence-electron chi connectivity index (χ1n) is 11.4. The molecule has 2 aliphatic heterocycles. The summed E-state index contributed by atoms with van der Waals surface area (Å²) in [5.74, 6) is 0.565. The molecule has 1 unspecified atom stereocenters. The molecule has 3 aromatic rings. The van der Waals surface area contributed by atoms with Crippen LogP contribution in [-0.2, 0) is 10.6 Å². The molecule has 1 aromatic carbocycles. The number of benzene rings is 1. The number of nitrogens with one attached hydrogen (secondary N) is 3. The maximum atomic E-state index is 12.7. The lowest BCUT2D eigenvalue weighted by Gasteiger charge is -2.40. The fourth-order valence-electron chi connectivity index (χ4n) is 4.48. The SMILES string of the molecule is CSc1cccc2c1NC(C)(N[C@@H]1CCCCNC1=O)n1nc(-c3cnn(C(C)C)c3)nc1-2. The molecule has 174 valence electrons. The zero-order chi connectivity index (χ0) is 23.2. The van der Waals surface area contributed by atoms with Gasteiger partial charge in [0.15, 0.2) is 17.4 Å². The standard InChI is InChI=1S/C23H30N8OS/c1-14(2)30-13-15(12-25-30)20-26-21-16-8-7-10-18(33-4)19(16)28-23(3,31(21)29-20)27-17-9-5-6-11-24-22(17)32/h7-8,10,12-14,17,27-28H,5-6,9,11H2,1-4H3,(H,24,32)/t17-,23?/m1/s1. The van der Waals surface area contributed by atoms with Crippen LogP contribution in [0.15, 0.2) is 35.5 Å². The number of amides is 1. The van der Waals surface area contributed by atoms with Crippen molar-refractivity contribution in [3.8, 4) is 22.8 Å². The predicted molar refractivity (Wildman–Crippen MR) is 130 cm³/mol. The molecule has 1 fully saturated rings. The summed E-state index contributed by atoms with van der Waals surface area (Å²) < 4.78 is 3.78. The van der Waals surface area contributed by atoms with Crippen molar-refractivity contribution in [3.63, 3.8) is 0 Å². The van der Waals surface area contributed by atoms with E-state index in [1.165, 1.54) is 0 Å². The monoisotopic (exact) mass is 466 g/mol. The van der Waals surface area contributed by atoms with Crippen LogP contribution in [0, 0.1) is 0 Å². The van der Waals surface area contributed by atoms with E-state index in [1.807, 2.05) is 28.6 Å². The zero-order valence-electron chi connectivity index (χ0n) is 19.4. The largest absolute Gasteiger partial charge is 0.355 e. The maximum Gasteiger partial charge on any atom is 0.237 e. The van der Waals surface area contributed by atoms with Gasteiger partial charge in [0.05, 0.1) is 23.5 Å². The number of para-hydroxylation sites is 1. The summed E-state index contributed by atoms with van der Waals surface area (Å²) in [6.45, 7) is 6.92. The second-order valence-electron chi connectivity index (χ2n) is 9.04. The minimum absolute atomic E-state index is 0.0274. The number of rotatable bonds is 5. The van der Waals surface area contributed by atoms with Gasteiger partial charge in [-0.2, -0.15) is 5.10 Å². The molecule has 0 spiro atoms. The average molecular weight is 467 g/mol. The summed E-state index contributed by atoms with van der Waals surface area (Å²) in [5.41, 5.74) is 2.85. The van der Waals surface area contributed by atoms with Crippen LogP contribution in [-0.4, -0.2) is 49.3 Å². The summed E-state index contributed by atoms with van der Waals surface area (Å²) in [4.78, 5) is 18.8. The van der Waals surface area contributed by atoms with E-state index in [4.69, 9.17) is 10.1 Å². The Kier molecular flexibility index (Phi) is 5.65. The van der Waals surface area contributed by atoms with Crippen molar-refractivity contribution in [1.82, 2.24) is 35.2 Å². The highest BCUT2D eigenvalue weighted by molar-refractivity contribution is 7.98. The van der Waals surface area contributed by atoms with Crippen molar-refractivity contribution in [1.29, 1.82) is 0 Å². The van der Waals surface area contributed by atoms with Crippen LogP contribution in [0.4, 0.5) is 5.69 Å².